The fraction of sp³-hybridized carbons (Fsp3) is 0.818. The van der Waals surface area contributed by atoms with Crippen molar-refractivity contribution in [2.24, 2.45) is 5.92 Å². The molecule has 0 aliphatic rings. The second-order valence-electron chi connectivity index (χ2n) is 3.71. The Morgan fingerprint density at radius 3 is 2.12 bits per heavy atom. The standard InChI is InChI=1S/C11H21NO4/c1-3-9(4-2)11(16)12(7-8-13)6-5-10(14)15/h9,13H,3-8H2,1-2H3,(H,14,15). The zero-order chi connectivity index (χ0) is 12.6. The molecule has 94 valence electrons. The smallest absolute Gasteiger partial charge is 0.305 e. The van der Waals surface area contributed by atoms with E-state index >= 15 is 0 Å². The fourth-order valence-electron chi connectivity index (χ4n) is 1.58. The highest BCUT2D eigenvalue weighted by molar-refractivity contribution is 5.79. The van der Waals surface area contributed by atoms with Gasteiger partial charge in [0.05, 0.1) is 13.0 Å². The molecule has 0 aliphatic heterocycles. The highest BCUT2D eigenvalue weighted by Gasteiger charge is 2.21. The normalized spacial score (nSPS) is 10.5. The first-order valence-corrected chi connectivity index (χ1v) is 5.68. The van der Waals surface area contributed by atoms with E-state index in [1.165, 1.54) is 4.90 Å². The van der Waals surface area contributed by atoms with Gasteiger partial charge in [-0.15, -0.1) is 0 Å². The van der Waals surface area contributed by atoms with E-state index in [1.54, 1.807) is 0 Å². The van der Waals surface area contributed by atoms with Crippen LogP contribution < -0.4 is 0 Å². The second kappa shape index (κ2) is 8.10. The SMILES string of the molecule is CCC(CC)C(=O)N(CCO)CCC(=O)O. The predicted molar refractivity (Wildman–Crippen MR) is 60.0 cm³/mol. The Labute approximate surface area is 96.1 Å². The van der Waals surface area contributed by atoms with Gasteiger partial charge in [-0.2, -0.15) is 0 Å². The van der Waals surface area contributed by atoms with Gasteiger partial charge in [-0.25, -0.2) is 0 Å². The third-order valence-electron chi connectivity index (χ3n) is 2.61. The number of rotatable bonds is 8. The van der Waals surface area contributed by atoms with Gasteiger partial charge in [0.2, 0.25) is 5.91 Å². The largest absolute Gasteiger partial charge is 0.481 e. The lowest BCUT2D eigenvalue weighted by atomic mass is 10.0. The third kappa shape index (κ3) is 5.11. The van der Waals surface area contributed by atoms with Crippen molar-refractivity contribution in [2.45, 2.75) is 33.1 Å². The van der Waals surface area contributed by atoms with E-state index in [2.05, 4.69) is 0 Å². The molecule has 0 spiro atoms. The van der Waals surface area contributed by atoms with Gasteiger partial charge in [0.25, 0.3) is 0 Å². The molecule has 2 N–H and O–H groups in total. The lowest BCUT2D eigenvalue weighted by Gasteiger charge is -2.25. The van der Waals surface area contributed by atoms with Gasteiger partial charge in [0.1, 0.15) is 0 Å². The maximum atomic E-state index is 11.9. The first-order chi connectivity index (χ1) is 7.56. The van der Waals surface area contributed by atoms with Gasteiger partial charge in [-0.05, 0) is 12.8 Å². The van der Waals surface area contributed by atoms with Crippen LogP contribution in [-0.4, -0.2) is 46.7 Å². The summed E-state index contributed by atoms with van der Waals surface area (Å²) in [6, 6.07) is 0. The Hall–Kier alpha value is -1.10. The first kappa shape index (κ1) is 14.9. The number of hydrogen-bond donors (Lipinski definition) is 2. The number of aliphatic carboxylic acids is 1. The summed E-state index contributed by atoms with van der Waals surface area (Å²) in [7, 11) is 0. The highest BCUT2D eigenvalue weighted by Crippen LogP contribution is 2.12. The zero-order valence-corrected chi connectivity index (χ0v) is 9.98. The molecular weight excluding hydrogens is 210 g/mol. The molecule has 0 radical (unpaired) electrons. The van der Waals surface area contributed by atoms with Gasteiger partial charge in [-0.3, -0.25) is 9.59 Å². The summed E-state index contributed by atoms with van der Waals surface area (Å²) in [6.45, 7) is 4.11. The summed E-state index contributed by atoms with van der Waals surface area (Å²) >= 11 is 0. The lowest BCUT2D eigenvalue weighted by molar-refractivity contribution is -0.140. The summed E-state index contributed by atoms with van der Waals surface area (Å²) < 4.78 is 0. The minimum absolute atomic E-state index is 0.0553. The summed E-state index contributed by atoms with van der Waals surface area (Å²) in [5.41, 5.74) is 0. The van der Waals surface area contributed by atoms with Crippen molar-refractivity contribution in [3.05, 3.63) is 0 Å². The number of hydrogen-bond acceptors (Lipinski definition) is 3. The van der Waals surface area contributed by atoms with Crippen LogP contribution in [0.1, 0.15) is 33.1 Å². The monoisotopic (exact) mass is 231 g/mol. The summed E-state index contributed by atoms with van der Waals surface area (Å²) in [5, 5.41) is 17.4. The number of carboxylic acids is 1. The molecule has 0 atom stereocenters. The van der Waals surface area contributed by atoms with Crippen LogP contribution >= 0.6 is 0 Å². The molecule has 0 unspecified atom stereocenters. The number of carbonyl (C=O) groups is 2. The van der Waals surface area contributed by atoms with Crippen LogP contribution in [0.15, 0.2) is 0 Å². The van der Waals surface area contributed by atoms with Gasteiger partial charge in [0, 0.05) is 19.0 Å². The van der Waals surface area contributed by atoms with Crippen molar-refractivity contribution in [2.75, 3.05) is 19.7 Å². The van der Waals surface area contributed by atoms with Crippen LogP contribution in [0.5, 0.6) is 0 Å². The van der Waals surface area contributed by atoms with Crippen molar-refractivity contribution in [3.8, 4) is 0 Å². The number of aliphatic hydroxyl groups is 1. The molecule has 0 bridgehead atoms. The van der Waals surface area contributed by atoms with Crippen molar-refractivity contribution >= 4 is 11.9 Å². The first-order valence-electron chi connectivity index (χ1n) is 5.68. The van der Waals surface area contributed by atoms with Crippen LogP contribution in [0.3, 0.4) is 0 Å². The van der Waals surface area contributed by atoms with Crippen LogP contribution in [0.2, 0.25) is 0 Å². The molecule has 0 aromatic heterocycles. The molecule has 0 aromatic rings. The maximum absolute atomic E-state index is 11.9. The third-order valence-corrected chi connectivity index (χ3v) is 2.61. The van der Waals surface area contributed by atoms with E-state index in [-0.39, 0.29) is 37.9 Å². The summed E-state index contributed by atoms with van der Waals surface area (Å²) in [4.78, 5) is 23.8. The minimum Gasteiger partial charge on any atom is -0.481 e. The van der Waals surface area contributed by atoms with Gasteiger partial charge in [-0.1, -0.05) is 13.8 Å². The number of aliphatic hydroxyl groups excluding tert-OH is 1. The van der Waals surface area contributed by atoms with Crippen molar-refractivity contribution in [1.29, 1.82) is 0 Å². The summed E-state index contributed by atoms with van der Waals surface area (Å²) in [5.74, 6) is -1.05. The van der Waals surface area contributed by atoms with Crippen molar-refractivity contribution in [1.82, 2.24) is 4.90 Å². The molecule has 0 heterocycles. The Bertz CT molecular complexity index is 226. The maximum Gasteiger partial charge on any atom is 0.305 e. The zero-order valence-electron chi connectivity index (χ0n) is 9.98. The number of amides is 1. The number of carboxylic acid groups (broad SMARTS) is 1. The Morgan fingerprint density at radius 1 is 1.19 bits per heavy atom. The molecule has 0 fully saturated rings. The predicted octanol–water partition coefficient (Wildman–Crippen LogP) is 0.718. The molecule has 16 heavy (non-hydrogen) atoms. The fourth-order valence-corrected chi connectivity index (χ4v) is 1.58. The van der Waals surface area contributed by atoms with Gasteiger partial charge < -0.3 is 15.1 Å². The Morgan fingerprint density at radius 2 is 1.75 bits per heavy atom. The molecule has 5 heteroatoms. The molecule has 5 nitrogen and oxygen atoms in total. The van der Waals surface area contributed by atoms with Crippen LogP contribution in [0.4, 0.5) is 0 Å². The van der Waals surface area contributed by atoms with Crippen LogP contribution in [0, 0.1) is 5.92 Å². The molecule has 0 aromatic carbocycles. The average molecular weight is 231 g/mol. The Balaban J connectivity index is 4.37. The summed E-state index contributed by atoms with van der Waals surface area (Å²) in [6.07, 6.45) is 1.40. The minimum atomic E-state index is -0.930. The number of nitrogens with zero attached hydrogens (tertiary/aromatic N) is 1. The van der Waals surface area contributed by atoms with E-state index in [4.69, 9.17) is 10.2 Å². The van der Waals surface area contributed by atoms with E-state index in [9.17, 15) is 9.59 Å². The molecule has 1 amide bonds. The number of carbonyl (C=O) groups excluding carboxylic acids is 1. The molecular formula is C11H21NO4. The second-order valence-corrected chi connectivity index (χ2v) is 3.71. The van der Waals surface area contributed by atoms with E-state index in [0.717, 1.165) is 12.8 Å². The average Bonchev–Trinajstić information content (AvgIpc) is 2.25. The van der Waals surface area contributed by atoms with Crippen molar-refractivity contribution < 1.29 is 19.8 Å². The lowest BCUT2D eigenvalue weighted by Crippen LogP contribution is -2.39. The highest BCUT2D eigenvalue weighted by atomic mass is 16.4. The molecule has 0 saturated heterocycles. The quantitative estimate of drug-likeness (QED) is 0.645. The van der Waals surface area contributed by atoms with E-state index < -0.39 is 5.97 Å². The van der Waals surface area contributed by atoms with Gasteiger partial charge >= 0.3 is 5.97 Å². The van der Waals surface area contributed by atoms with Gasteiger partial charge in [0.15, 0.2) is 0 Å². The van der Waals surface area contributed by atoms with E-state index in [1.807, 2.05) is 13.8 Å². The Kier molecular flexibility index (Phi) is 7.54. The molecule has 0 aliphatic carbocycles. The van der Waals surface area contributed by atoms with E-state index in [0.29, 0.717) is 0 Å². The topological polar surface area (TPSA) is 77.8 Å². The van der Waals surface area contributed by atoms with Crippen LogP contribution in [-0.2, 0) is 9.59 Å². The van der Waals surface area contributed by atoms with Crippen LogP contribution in [0.25, 0.3) is 0 Å². The molecule has 0 rings (SSSR count). The molecule has 0 saturated carbocycles. The van der Waals surface area contributed by atoms with Crippen molar-refractivity contribution in [3.63, 3.8) is 0 Å².